The Hall–Kier alpha value is -1.62. The van der Waals surface area contributed by atoms with Gasteiger partial charge in [0.05, 0.1) is 5.69 Å². The second kappa shape index (κ2) is 5.57. The zero-order valence-electron chi connectivity index (χ0n) is 11.0. The van der Waals surface area contributed by atoms with Crippen molar-refractivity contribution in [2.24, 2.45) is 0 Å². The minimum absolute atomic E-state index is 0.142. The van der Waals surface area contributed by atoms with E-state index in [4.69, 9.17) is 4.42 Å². The van der Waals surface area contributed by atoms with Gasteiger partial charge in [0.15, 0.2) is 5.89 Å². The highest BCUT2D eigenvalue weighted by Gasteiger charge is 2.21. The molecule has 0 spiro atoms. The molecule has 0 aliphatic heterocycles. The number of nitrogens with one attached hydrogen (secondary N) is 1. The third kappa shape index (κ3) is 3.23. The van der Waals surface area contributed by atoms with Crippen LogP contribution in [-0.4, -0.2) is 10.9 Å². The quantitative estimate of drug-likeness (QED) is 0.924. The molecule has 0 radical (unpaired) electrons. The van der Waals surface area contributed by atoms with Gasteiger partial charge in [-0.05, 0) is 30.2 Å². The Balaban J connectivity index is 2.22. The molecule has 1 aromatic heterocycles. The third-order valence-corrected chi connectivity index (χ3v) is 3.14. The fourth-order valence-electron chi connectivity index (χ4n) is 1.72. The minimum Gasteiger partial charge on any atom is -0.436 e. The molecule has 1 N–H and O–H groups in total. The van der Waals surface area contributed by atoms with Crippen LogP contribution in [0.15, 0.2) is 33.2 Å². The van der Waals surface area contributed by atoms with Crippen molar-refractivity contribution in [2.45, 2.75) is 26.7 Å². The van der Waals surface area contributed by atoms with Gasteiger partial charge in [0.1, 0.15) is 0 Å². The number of hydrogen-bond donors (Lipinski definition) is 1. The summed E-state index contributed by atoms with van der Waals surface area (Å²) < 4.78 is 6.36. The number of anilines is 1. The first-order valence-electron chi connectivity index (χ1n) is 6.01. The van der Waals surface area contributed by atoms with E-state index >= 15 is 0 Å². The number of nitrogens with zero attached hydrogens (tertiary/aromatic N) is 1. The van der Waals surface area contributed by atoms with Crippen molar-refractivity contribution in [3.63, 3.8) is 0 Å². The molecule has 100 valence electrons. The predicted molar refractivity (Wildman–Crippen MR) is 77.4 cm³/mol. The number of rotatable bonds is 3. The lowest BCUT2D eigenvalue weighted by Crippen LogP contribution is -2.13. The van der Waals surface area contributed by atoms with Crippen LogP contribution in [0.5, 0.6) is 0 Å². The van der Waals surface area contributed by atoms with E-state index in [1.165, 1.54) is 0 Å². The maximum Gasteiger partial charge on any atom is 0.293 e. The molecular formula is C14H15BrN2O2. The largest absolute Gasteiger partial charge is 0.436 e. The molecule has 0 bridgehead atoms. The molecule has 0 saturated carbocycles. The molecule has 0 fully saturated rings. The number of carbonyl (C=O) groups is 1. The average molecular weight is 323 g/mol. The van der Waals surface area contributed by atoms with Gasteiger partial charge in [0.25, 0.3) is 5.91 Å². The maximum absolute atomic E-state index is 12.2. The molecule has 0 unspecified atom stereocenters. The predicted octanol–water partition coefficient (Wildman–Crippen LogP) is 4.12. The number of amides is 1. The van der Waals surface area contributed by atoms with Gasteiger partial charge in [-0.3, -0.25) is 4.79 Å². The van der Waals surface area contributed by atoms with Crippen molar-refractivity contribution in [2.75, 3.05) is 5.32 Å². The van der Waals surface area contributed by atoms with E-state index in [0.29, 0.717) is 11.6 Å². The average Bonchev–Trinajstić information content (AvgIpc) is 2.74. The topological polar surface area (TPSA) is 55.1 Å². The Kier molecular flexibility index (Phi) is 4.04. The van der Waals surface area contributed by atoms with E-state index in [2.05, 4.69) is 26.2 Å². The van der Waals surface area contributed by atoms with Crippen molar-refractivity contribution < 1.29 is 9.21 Å². The molecule has 2 aromatic rings. The van der Waals surface area contributed by atoms with E-state index in [1.807, 2.05) is 38.1 Å². The Morgan fingerprint density at radius 3 is 2.53 bits per heavy atom. The Morgan fingerprint density at radius 2 is 1.95 bits per heavy atom. The van der Waals surface area contributed by atoms with Crippen LogP contribution in [-0.2, 0) is 0 Å². The van der Waals surface area contributed by atoms with Crippen LogP contribution in [0.25, 0.3) is 0 Å². The number of carbonyl (C=O) groups excluding carboxylic acids is 1. The van der Waals surface area contributed by atoms with Crippen molar-refractivity contribution >= 4 is 27.5 Å². The van der Waals surface area contributed by atoms with Gasteiger partial charge in [0, 0.05) is 17.1 Å². The van der Waals surface area contributed by atoms with Crippen molar-refractivity contribution in [3.05, 3.63) is 46.1 Å². The van der Waals surface area contributed by atoms with Crippen LogP contribution in [0.2, 0.25) is 0 Å². The zero-order chi connectivity index (χ0) is 14.0. The van der Waals surface area contributed by atoms with Crippen LogP contribution in [0, 0.1) is 6.92 Å². The number of benzene rings is 1. The van der Waals surface area contributed by atoms with Crippen LogP contribution < -0.4 is 5.32 Å². The SMILES string of the molecule is Cc1nc(C(C)C)c(C(=O)Nc2ccc(Br)cc2)o1. The number of aryl methyl sites for hydroxylation is 1. The van der Waals surface area contributed by atoms with Gasteiger partial charge in [-0.1, -0.05) is 29.8 Å². The summed E-state index contributed by atoms with van der Waals surface area (Å²) in [7, 11) is 0. The van der Waals surface area contributed by atoms with Gasteiger partial charge in [-0.25, -0.2) is 4.98 Å². The zero-order valence-corrected chi connectivity index (χ0v) is 12.6. The Morgan fingerprint density at radius 1 is 1.32 bits per heavy atom. The number of halogens is 1. The first kappa shape index (κ1) is 13.8. The molecule has 0 aliphatic carbocycles. The Labute approximate surface area is 120 Å². The lowest BCUT2D eigenvalue weighted by Gasteiger charge is -2.05. The molecule has 5 heteroatoms. The van der Waals surface area contributed by atoms with E-state index < -0.39 is 0 Å². The molecular weight excluding hydrogens is 308 g/mol. The highest BCUT2D eigenvalue weighted by atomic mass is 79.9. The summed E-state index contributed by atoms with van der Waals surface area (Å²) in [5.41, 5.74) is 1.41. The van der Waals surface area contributed by atoms with E-state index in [-0.39, 0.29) is 17.6 Å². The summed E-state index contributed by atoms with van der Waals surface area (Å²) in [6.07, 6.45) is 0. The summed E-state index contributed by atoms with van der Waals surface area (Å²) in [6, 6.07) is 7.37. The summed E-state index contributed by atoms with van der Waals surface area (Å²) in [6.45, 7) is 5.70. The lowest BCUT2D eigenvalue weighted by atomic mass is 10.1. The highest BCUT2D eigenvalue weighted by molar-refractivity contribution is 9.10. The van der Waals surface area contributed by atoms with Gasteiger partial charge in [-0.2, -0.15) is 0 Å². The summed E-state index contributed by atoms with van der Waals surface area (Å²) in [5, 5.41) is 2.80. The second-order valence-corrected chi connectivity index (χ2v) is 5.48. The van der Waals surface area contributed by atoms with E-state index in [0.717, 1.165) is 10.2 Å². The van der Waals surface area contributed by atoms with Crippen LogP contribution in [0.4, 0.5) is 5.69 Å². The number of hydrogen-bond acceptors (Lipinski definition) is 3. The molecule has 1 aromatic carbocycles. The third-order valence-electron chi connectivity index (χ3n) is 2.62. The van der Waals surface area contributed by atoms with Crippen LogP contribution in [0.1, 0.15) is 41.9 Å². The van der Waals surface area contributed by atoms with Crippen LogP contribution in [0.3, 0.4) is 0 Å². The molecule has 2 rings (SSSR count). The van der Waals surface area contributed by atoms with Crippen molar-refractivity contribution in [3.8, 4) is 0 Å². The molecule has 0 saturated heterocycles. The standard InChI is InChI=1S/C14H15BrN2O2/c1-8(2)12-13(19-9(3)16-12)14(18)17-11-6-4-10(15)5-7-11/h4-8H,1-3H3,(H,17,18). The fourth-order valence-corrected chi connectivity index (χ4v) is 1.98. The first-order chi connectivity index (χ1) is 8.97. The summed E-state index contributed by atoms with van der Waals surface area (Å²) >= 11 is 3.35. The molecule has 0 aliphatic rings. The molecule has 4 nitrogen and oxygen atoms in total. The second-order valence-electron chi connectivity index (χ2n) is 4.56. The first-order valence-corrected chi connectivity index (χ1v) is 6.81. The normalized spacial score (nSPS) is 10.8. The number of aromatic nitrogens is 1. The number of oxazole rings is 1. The summed E-state index contributed by atoms with van der Waals surface area (Å²) in [5.74, 6) is 0.662. The molecule has 1 amide bonds. The fraction of sp³-hybridized carbons (Fsp3) is 0.286. The van der Waals surface area contributed by atoms with Crippen molar-refractivity contribution in [1.29, 1.82) is 0 Å². The Bertz CT molecular complexity index is 588. The van der Waals surface area contributed by atoms with Gasteiger partial charge < -0.3 is 9.73 Å². The smallest absolute Gasteiger partial charge is 0.293 e. The highest BCUT2D eigenvalue weighted by Crippen LogP contribution is 2.21. The van der Waals surface area contributed by atoms with Gasteiger partial charge in [0.2, 0.25) is 5.76 Å². The molecule has 1 heterocycles. The van der Waals surface area contributed by atoms with E-state index in [9.17, 15) is 4.79 Å². The minimum atomic E-state index is -0.272. The maximum atomic E-state index is 12.2. The van der Waals surface area contributed by atoms with Gasteiger partial charge in [-0.15, -0.1) is 0 Å². The lowest BCUT2D eigenvalue weighted by molar-refractivity contribution is 0.0993. The monoisotopic (exact) mass is 322 g/mol. The summed E-state index contributed by atoms with van der Waals surface area (Å²) in [4.78, 5) is 16.4. The van der Waals surface area contributed by atoms with Crippen molar-refractivity contribution in [1.82, 2.24) is 4.98 Å². The molecule has 19 heavy (non-hydrogen) atoms. The van der Waals surface area contributed by atoms with E-state index in [1.54, 1.807) is 6.92 Å². The van der Waals surface area contributed by atoms with Gasteiger partial charge >= 0.3 is 0 Å². The molecule has 0 atom stereocenters. The van der Waals surface area contributed by atoms with Crippen LogP contribution >= 0.6 is 15.9 Å².